The third-order valence-corrected chi connectivity index (χ3v) is 10.4. The van der Waals surface area contributed by atoms with Crippen molar-refractivity contribution in [2.75, 3.05) is 6.54 Å². The molecule has 5 atom stereocenters. The van der Waals surface area contributed by atoms with Gasteiger partial charge in [-0.1, -0.05) is 18.2 Å². The Kier molecular flexibility index (Phi) is 4.32. The van der Waals surface area contributed by atoms with Crippen molar-refractivity contribution in [3.63, 3.8) is 0 Å². The molecule has 30 heavy (non-hydrogen) atoms. The summed E-state index contributed by atoms with van der Waals surface area (Å²) in [5.41, 5.74) is 11.0. The highest BCUT2D eigenvalue weighted by Crippen LogP contribution is 2.57. The van der Waals surface area contributed by atoms with E-state index < -0.39 is 0 Å². The summed E-state index contributed by atoms with van der Waals surface area (Å²) >= 11 is 4.20. The average Bonchev–Trinajstić information content (AvgIpc) is 3.36. The van der Waals surface area contributed by atoms with Crippen molar-refractivity contribution in [2.24, 2.45) is 11.8 Å². The summed E-state index contributed by atoms with van der Waals surface area (Å²) in [4.78, 5) is 9.05. The zero-order valence-corrected chi connectivity index (χ0v) is 18.4. The van der Waals surface area contributed by atoms with Crippen LogP contribution in [0.4, 0.5) is 0 Å². The Morgan fingerprint density at radius 1 is 1.20 bits per heavy atom. The minimum Gasteiger partial charge on any atom is -0.307 e. The van der Waals surface area contributed by atoms with E-state index in [0.717, 1.165) is 29.2 Å². The summed E-state index contributed by atoms with van der Waals surface area (Å²) in [6, 6.07) is 7.32. The molecule has 0 spiro atoms. The summed E-state index contributed by atoms with van der Waals surface area (Å²) in [7, 11) is 0. The fourth-order valence-electron chi connectivity index (χ4n) is 5.69. The maximum absolute atomic E-state index is 4.65. The standard InChI is InChI=1S/C22H26N6S2/c1-4-14(5-1)29-22-19-18-15(17-6-8-25-28(17)27-19)10-16(26-21(18)30-22)13-9-12-3-2-7-23-20(12)24-11-13/h2-3,7,9,11,14-18,21,25-27H,1,4-6,8,10H2. The van der Waals surface area contributed by atoms with Gasteiger partial charge in [-0.15, -0.1) is 11.8 Å². The minimum atomic E-state index is 0.343. The fraction of sp³-hybridized carbons (Fsp3) is 0.545. The molecule has 6 heterocycles. The van der Waals surface area contributed by atoms with Crippen molar-refractivity contribution in [1.29, 1.82) is 0 Å². The predicted octanol–water partition coefficient (Wildman–Crippen LogP) is 3.52. The molecular weight excluding hydrogens is 412 g/mol. The number of pyridine rings is 2. The Morgan fingerprint density at radius 2 is 2.17 bits per heavy atom. The number of piperidine rings is 1. The number of aromatic nitrogens is 2. The van der Waals surface area contributed by atoms with E-state index in [1.54, 1.807) is 0 Å². The molecule has 156 valence electrons. The first kappa shape index (κ1) is 18.3. The highest BCUT2D eigenvalue weighted by atomic mass is 32.2. The van der Waals surface area contributed by atoms with Gasteiger partial charge in [0.2, 0.25) is 0 Å². The Bertz CT molecular complexity index is 1020. The molecule has 3 N–H and O–H groups in total. The molecular formula is C22H26N6S2. The monoisotopic (exact) mass is 438 g/mol. The number of rotatable bonds is 3. The molecule has 1 saturated carbocycles. The van der Waals surface area contributed by atoms with Gasteiger partial charge in [-0.25, -0.2) is 15.4 Å². The number of fused-ring (bicyclic) bond motifs is 3. The number of nitrogens with one attached hydrogen (secondary N) is 3. The van der Waals surface area contributed by atoms with Crippen LogP contribution in [0.3, 0.4) is 0 Å². The maximum atomic E-state index is 4.65. The molecule has 0 bridgehead atoms. The van der Waals surface area contributed by atoms with Crippen LogP contribution in [-0.2, 0) is 0 Å². The van der Waals surface area contributed by atoms with E-state index in [0.29, 0.717) is 29.3 Å². The SMILES string of the molecule is c1cnc2ncc(C3CC4C5C(=C(SC6CCC6)SC5N3)NN3NCCC43)cc2c1. The van der Waals surface area contributed by atoms with Crippen molar-refractivity contribution in [3.05, 3.63) is 46.1 Å². The average molecular weight is 439 g/mol. The van der Waals surface area contributed by atoms with Crippen LogP contribution in [0.25, 0.3) is 11.0 Å². The number of hydrogen-bond acceptors (Lipinski definition) is 8. The van der Waals surface area contributed by atoms with Gasteiger partial charge in [0.05, 0.1) is 15.3 Å². The second-order valence-corrected chi connectivity index (χ2v) is 11.8. The molecule has 0 amide bonds. The van der Waals surface area contributed by atoms with Crippen LogP contribution in [0, 0.1) is 11.8 Å². The van der Waals surface area contributed by atoms with E-state index in [2.05, 4.69) is 66.9 Å². The van der Waals surface area contributed by atoms with Crippen LogP contribution in [0.15, 0.2) is 40.5 Å². The van der Waals surface area contributed by atoms with E-state index in [-0.39, 0.29) is 0 Å². The second kappa shape index (κ2) is 7.10. The quantitative estimate of drug-likeness (QED) is 0.673. The lowest BCUT2D eigenvalue weighted by Crippen LogP contribution is -2.61. The van der Waals surface area contributed by atoms with Crippen LogP contribution in [0.5, 0.6) is 0 Å². The van der Waals surface area contributed by atoms with Gasteiger partial charge in [0, 0.05) is 47.6 Å². The van der Waals surface area contributed by atoms with E-state index in [9.17, 15) is 0 Å². The lowest BCUT2D eigenvalue weighted by molar-refractivity contribution is 0.00562. The maximum Gasteiger partial charge on any atom is 0.159 e. The molecule has 7 rings (SSSR count). The molecule has 2 aromatic rings. The molecule has 5 unspecified atom stereocenters. The van der Waals surface area contributed by atoms with E-state index in [1.165, 1.54) is 41.2 Å². The van der Waals surface area contributed by atoms with E-state index in [1.807, 2.05) is 18.5 Å². The highest BCUT2D eigenvalue weighted by molar-refractivity contribution is 8.23. The molecule has 6 nitrogen and oxygen atoms in total. The summed E-state index contributed by atoms with van der Waals surface area (Å²) < 4.78 is 1.53. The number of nitrogens with zero attached hydrogens (tertiary/aromatic N) is 3. The second-order valence-electron chi connectivity index (χ2n) is 9.12. The summed E-state index contributed by atoms with van der Waals surface area (Å²) in [6.07, 6.45) is 10.4. The molecule has 0 radical (unpaired) electrons. The van der Waals surface area contributed by atoms with E-state index in [4.69, 9.17) is 0 Å². The van der Waals surface area contributed by atoms with Gasteiger partial charge in [0.1, 0.15) is 0 Å². The van der Waals surface area contributed by atoms with Crippen molar-refractivity contribution in [1.82, 2.24) is 31.3 Å². The number of hydrazine groups is 2. The lowest BCUT2D eigenvalue weighted by atomic mass is 9.74. The molecule has 2 aromatic heterocycles. The largest absolute Gasteiger partial charge is 0.307 e. The Balaban J connectivity index is 1.23. The van der Waals surface area contributed by atoms with Gasteiger partial charge in [-0.3, -0.25) is 5.32 Å². The first-order chi connectivity index (χ1) is 14.8. The summed E-state index contributed by atoms with van der Waals surface area (Å²) in [5.74, 6) is 1.24. The topological polar surface area (TPSA) is 65.1 Å². The third kappa shape index (κ3) is 2.84. The molecule has 4 aliphatic heterocycles. The number of hydrogen-bond donors (Lipinski definition) is 3. The van der Waals surface area contributed by atoms with Gasteiger partial charge in [-0.05, 0) is 55.4 Å². The Hall–Kier alpha value is -1.32. The van der Waals surface area contributed by atoms with Crippen LogP contribution < -0.4 is 16.2 Å². The Labute approximate surface area is 185 Å². The van der Waals surface area contributed by atoms with E-state index >= 15 is 0 Å². The predicted molar refractivity (Wildman–Crippen MR) is 122 cm³/mol. The first-order valence-corrected chi connectivity index (χ1v) is 12.9. The van der Waals surface area contributed by atoms with Crippen LogP contribution >= 0.6 is 23.5 Å². The number of thioether (sulfide) groups is 2. The summed E-state index contributed by atoms with van der Waals surface area (Å²) in [6.45, 7) is 1.07. The molecule has 8 heteroatoms. The molecule has 4 fully saturated rings. The van der Waals surface area contributed by atoms with Crippen molar-refractivity contribution in [2.45, 2.75) is 54.8 Å². The molecule has 5 aliphatic rings. The molecule has 3 saturated heterocycles. The van der Waals surface area contributed by atoms with Crippen LogP contribution in [-0.4, -0.2) is 38.3 Å². The smallest absolute Gasteiger partial charge is 0.159 e. The van der Waals surface area contributed by atoms with Crippen LogP contribution in [0.2, 0.25) is 0 Å². The zero-order chi connectivity index (χ0) is 19.7. The van der Waals surface area contributed by atoms with Gasteiger partial charge in [0.15, 0.2) is 5.65 Å². The third-order valence-electron chi connectivity index (χ3n) is 7.44. The lowest BCUT2D eigenvalue weighted by Gasteiger charge is -2.49. The van der Waals surface area contributed by atoms with Gasteiger partial charge < -0.3 is 5.43 Å². The minimum absolute atomic E-state index is 0.343. The first-order valence-electron chi connectivity index (χ1n) is 11.2. The highest BCUT2D eigenvalue weighted by Gasteiger charge is 2.54. The van der Waals surface area contributed by atoms with Crippen molar-refractivity contribution in [3.8, 4) is 0 Å². The van der Waals surface area contributed by atoms with Crippen molar-refractivity contribution < 1.29 is 0 Å². The fourth-order valence-corrected chi connectivity index (χ4v) is 9.07. The zero-order valence-electron chi connectivity index (χ0n) is 16.8. The van der Waals surface area contributed by atoms with Crippen LogP contribution in [0.1, 0.15) is 43.7 Å². The normalized spacial score (nSPS) is 35.8. The van der Waals surface area contributed by atoms with Gasteiger partial charge >= 0.3 is 0 Å². The van der Waals surface area contributed by atoms with Gasteiger partial charge in [0.25, 0.3) is 0 Å². The summed E-state index contributed by atoms with van der Waals surface area (Å²) in [5, 5.41) is 8.74. The molecule has 0 aromatic carbocycles. The Morgan fingerprint density at radius 3 is 3.07 bits per heavy atom. The van der Waals surface area contributed by atoms with Gasteiger partial charge in [-0.2, -0.15) is 5.12 Å². The molecule has 1 aliphatic carbocycles. The van der Waals surface area contributed by atoms with Crippen molar-refractivity contribution >= 4 is 34.6 Å².